The van der Waals surface area contributed by atoms with Gasteiger partial charge in [-0.1, -0.05) is 34.8 Å². The Morgan fingerprint density at radius 3 is 2.44 bits per heavy atom. The van der Waals surface area contributed by atoms with Crippen LogP contribution in [0.5, 0.6) is 0 Å². The quantitative estimate of drug-likeness (QED) is 0.805. The molecule has 1 heterocycles. The minimum Gasteiger partial charge on any atom is -0.326 e. The average Bonchev–Trinajstić information content (AvgIpc) is 2.91. The van der Waals surface area contributed by atoms with Gasteiger partial charge in [0.25, 0.3) is 0 Å². The van der Waals surface area contributed by atoms with E-state index in [-0.39, 0.29) is 29.8 Å². The van der Waals surface area contributed by atoms with Gasteiger partial charge in [0.1, 0.15) is 5.82 Å². The normalized spacial score (nSPS) is 17.0. The van der Waals surface area contributed by atoms with Gasteiger partial charge in [-0.2, -0.15) is 0 Å². The van der Waals surface area contributed by atoms with Gasteiger partial charge < -0.3 is 10.2 Å². The molecule has 0 saturated carbocycles. The second-order valence-corrected chi connectivity index (χ2v) is 6.93. The van der Waals surface area contributed by atoms with Crippen LogP contribution in [0.25, 0.3) is 0 Å². The minimum absolute atomic E-state index is 0.0507. The SMILES string of the molecule is O=C(Nc1cc(Cl)cc(Cl)c1)C1CC(=O)N(c2ccc(F)c(Cl)c2)C1. The predicted octanol–water partition coefficient (Wildman–Crippen LogP) is 4.78. The molecular formula is C17H12Cl3FN2O2. The number of rotatable bonds is 3. The Bertz CT molecular complexity index is 840. The predicted molar refractivity (Wildman–Crippen MR) is 97.0 cm³/mol. The molecule has 0 spiro atoms. The maximum Gasteiger partial charge on any atom is 0.229 e. The van der Waals surface area contributed by atoms with E-state index in [9.17, 15) is 14.0 Å². The minimum atomic E-state index is -0.566. The zero-order chi connectivity index (χ0) is 18.1. The molecule has 0 aliphatic carbocycles. The number of hydrogen-bond donors (Lipinski definition) is 1. The van der Waals surface area contributed by atoms with Crippen molar-refractivity contribution < 1.29 is 14.0 Å². The molecular weight excluding hydrogens is 390 g/mol. The molecule has 1 N–H and O–H groups in total. The summed E-state index contributed by atoms with van der Waals surface area (Å²) < 4.78 is 13.3. The molecule has 2 aromatic rings. The Hall–Kier alpha value is -1.82. The lowest BCUT2D eigenvalue weighted by molar-refractivity contribution is -0.122. The average molecular weight is 402 g/mol. The molecule has 8 heteroatoms. The number of nitrogens with one attached hydrogen (secondary N) is 1. The van der Waals surface area contributed by atoms with Gasteiger partial charge in [-0.3, -0.25) is 9.59 Å². The number of amides is 2. The molecule has 1 saturated heterocycles. The van der Waals surface area contributed by atoms with Crippen molar-refractivity contribution in [3.8, 4) is 0 Å². The molecule has 130 valence electrons. The molecule has 0 radical (unpaired) electrons. The highest BCUT2D eigenvalue weighted by atomic mass is 35.5. The van der Waals surface area contributed by atoms with Crippen LogP contribution in [0.1, 0.15) is 6.42 Å². The summed E-state index contributed by atoms with van der Waals surface area (Å²) in [5.41, 5.74) is 0.913. The Labute approximate surface area is 158 Å². The van der Waals surface area contributed by atoms with Crippen molar-refractivity contribution in [1.29, 1.82) is 0 Å². The first kappa shape index (κ1) is 18.0. The first-order valence-electron chi connectivity index (χ1n) is 7.36. The summed E-state index contributed by atoms with van der Waals surface area (Å²) in [6.45, 7) is 0.181. The van der Waals surface area contributed by atoms with Gasteiger partial charge in [-0.25, -0.2) is 4.39 Å². The smallest absolute Gasteiger partial charge is 0.229 e. The molecule has 1 unspecified atom stereocenters. The summed E-state index contributed by atoms with van der Waals surface area (Å²) >= 11 is 17.6. The van der Waals surface area contributed by atoms with E-state index < -0.39 is 11.7 Å². The number of benzene rings is 2. The number of carbonyl (C=O) groups is 2. The van der Waals surface area contributed by atoms with Gasteiger partial charge in [0.2, 0.25) is 11.8 Å². The highest BCUT2D eigenvalue weighted by molar-refractivity contribution is 6.35. The second kappa shape index (κ2) is 7.20. The third kappa shape index (κ3) is 4.06. The van der Waals surface area contributed by atoms with Crippen LogP contribution in [0, 0.1) is 11.7 Å². The monoisotopic (exact) mass is 400 g/mol. The molecule has 4 nitrogen and oxygen atoms in total. The van der Waals surface area contributed by atoms with Gasteiger partial charge in [-0.05, 0) is 36.4 Å². The zero-order valence-electron chi connectivity index (χ0n) is 12.7. The van der Waals surface area contributed by atoms with Crippen LogP contribution < -0.4 is 10.2 Å². The maximum atomic E-state index is 13.3. The molecule has 3 rings (SSSR count). The molecule has 1 aliphatic heterocycles. The summed E-state index contributed by atoms with van der Waals surface area (Å²) in [6, 6.07) is 8.70. The van der Waals surface area contributed by atoms with Gasteiger partial charge in [-0.15, -0.1) is 0 Å². The van der Waals surface area contributed by atoms with Gasteiger partial charge in [0.05, 0.1) is 10.9 Å². The number of anilines is 2. The van der Waals surface area contributed by atoms with Crippen molar-refractivity contribution in [2.24, 2.45) is 5.92 Å². The molecule has 1 atom stereocenters. The van der Waals surface area contributed by atoms with Crippen molar-refractivity contribution in [2.75, 3.05) is 16.8 Å². The first-order valence-corrected chi connectivity index (χ1v) is 8.49. The Kier molecular flexibility index (Phi) is 5.18. The Morgan fingerprint density at radius 1 is 1.12 bits per heavy atom. The number of nitrogens with zero attached hydrogens (tertiary/aromatic N) is 1. The van der Waals surface area contributed by atoms with E-state index in [0.717, 1.165) is 0 Å². The van der Waals surface area contributed by atoms with E-state index in [1.807, 2.05) is 0 Å². The molecule has 1 aliphatic rings. The highest BCUT2D eigenvalue weighted by Crippen LogP contribution is 2.29. The standard InChI is InChI=1S/C17H12Cl3FN2O2/c18-10-4-11(19)6-12(5-10)22-17(25)9-3-16(24)23(8-9)13-1-2-15(21)14(20)7-13/h1-2,4-7,9H,3,8H2,(H,22,25). The fourth-order valence-corrected chi connectivity index (χ4v) is 3.36. The van der Waals surface area contributed by atoms with Crippen LogP contribution in [0.4, 0.5) is 15.8 Å². The molecule has 25 heavy (non-hydrogen) atoms. The highest BCUT2D eigenvalue weighted by Gasteiger charge is 2.35. The van der Waals surface area contributed by atoms with Crippen LogP contribution >= 0.6 is 34.8 Å². The lowest BCUT2D eigenvalue weighted by Crippen LogP contribution is -2.28. The number of halogens is 4. The van der Waals surface area contributed by atoms with Crippen molar-refractivity contribution >= 4 is 58.0 Å². The van der Waals surface area contributed by atoms with Crippen LogP contribution in [0.15, 0.2) is 36.4 Å². The summed E-state index contributed by atoms with van der Waals surface area (Å²) in [7, 11) is 0. The van der Waals surface area contributed by atoms with Gasteiger partial charge >= 0.3 is 0 Å². The molecule has 2 amide bonds. The molecule has 1 fully saturated rings. The lowest BCUT2D eigenvalue weighted by atomic mass is 10.1. The number of carbonyl (C=O) groups excluding carboxylic acids is 2. The molecule has 0 bridgehead atoms. The van der Waals surface area contributed by atoms with Crippen LogP contribution in [0.2, 0.25) is 15.1 Å². The molecule has 0 aromatic heterocycles. The summed E-state index contributed by atoms with van der Waals surface area (Å²) in [5, 5.41) is 3.42. The van der Waals surface area contributed by atoms with Gasteiger partial charge in [0, 0.05) is 34.4 Å². The van der Waals surface area contributed by atoms with Crippen molar-refractivity contribution in [3.05, 3.63) is 57.3 Å². The Morgan fingerprint density at radius 2 is 1.80 bits per heavy atom. The Balaban J connectivity index is 1.73. The van der Waals surface area contributed by atoms with E-state index in [0.29, 0.717) is 21.4 Å². The first-order chi connectivity index (χ1) is 11.8. The van der Waals surface area contributed by atoms with Crippen LogP contribution in [0.3, 0.4) is 0 Å². The molecule has 2 aromatic carbocycles. The maximum absolute atomic E-state index is 13.3. The van der Waals surface area contributed by atoms with E-state index in [1.165, 1.54) is 23.1 Å². The zero-order valence-corrected chi connectivity index (χ0v) is 15.0. The van der Waals surface area contributed by atoms with E-state index in [2.05, 4.69) is 5.32 Å². The van der Waals surface area contributed by atoms with E-state index >= 15 is 0 Å². The van der Waals surface area contributed by atoms with Crippen LogP contribution in [-0.2, 0) is 9.59 Å². The fourth-order valence-electron chi connectivity index (χ4n) is 2.66. The van der Waals surface area contributed by atoms with E-state index in [4.69, 9.17) is 34.8 Å². The lowest BCUT2D eigenvalue weighted by Gasteiger charge is -2.17. The van der Waals surface area contributed by atoms with Crippen molar-refractivity contribution in [2.45, 2.75) is 6.42 Å². The topological polar surface area (TPSA) is 49.4 Å². The largest absolute Gasteiger partial charge is 0.326 e. The summed E-state index contributed by atoms with van der Waals surface area (Å²) in [6.07, 6.45) is 0.0507. The third-order valence-corrected chi connectivity index (χ3v) is 4.57. The van der Waals surface area contributed by atoms with Crippen molar-refractivity contribution in [1.82, 2.24) is 0 Å². The number of hydrogen-bond acceptors (Lipinski definition) is 2. The fraction of sp³-hybridized carbons (Fsp3) is 0.176. The summed E-state index contributed by atoms with van der Waals surface area (Å²) in [4.78, 5) is 26.0. The van der Waals surface area contributed by atoms with Crippen molar-refractivity contribution in [3.63, 3.8) is 0 Å². The van der Waals surface area contributed by atoms with E-state index in [1.54, 1.807) is 18.2 Å². The summed E-state index contributed by atoms with van der Waals surface area (Å²) in [5.74, 6) is -1.66. The van der Waals surface area contributed by atoms with Gasteiger partial charge in [0.15, 0.2) is 0 Å². The third-order valence-electron chi connectivity index (χ3n) is 3.84. The van der Waals surface area contributed by atoms with Crippen LogP contribution in [-0.4, -0.2) is 18.4 Å². The second-order valence-electron chi connectivity index (χ2n) is 5.65.